The first kappa shape index (κ1) is 15.8. The molecule has 0 aliphatic rings. The van der Waals surface area contributed by atoms with Gasteiger partial charge in [-0.15, -0.1) is 0 Å². The molecule has 0 amide bonds. The van der Waals surface area contributed by atoms with Crippen LogP contribution in [0.5, 0.6) is 0 Å². The summed E-state index contributed by atoms with van der Waals surface area (Å²) in [5.74, 6) is 0. The fraction of sp³-hybridized carbons (Fsp3) is 0.529. The molecule has 1 aromatic carbocycles. The van der Waals surface area contributed by atoms with Crippen LogP contribution in [0.25, 0.3) is 3.59 Å². The molecule has 0 atom stereocenters. The van der Waals surface area contributed by atoms with E-state index in [1.165, 1.54) is 37.7 Å². The number of unbranched alkanes of at least 4 members (excludes halogenated alkanes) is 4. The Morgan fingerprint density at radius 1 is 1.00 bits per heavy atom. The summed E-state index contributed by atoms with van der Waals surface area (Å²) in [7, 11) is 0. The molecule has 18 heavy (non-hydrogen) atoms. The molecular formula is C17H28Sn. The molecule has 0 aromatic heterocycles. The fourth-order valence-electron chi connectivity index (χ4n) is 2.29. The van der Waals surface area contributed by atoms with Gasteiger partial charge in [0.1, 0.15) is 0 Å². The standard InChI is InChI=1S/C14H19.3CH3.Sn/c1-2-3-4-5-6-8-11-14-12-9-7-10-13-14;;;;/h7-10,12-13H,2-6H2,1H3;3*1H3;. The third kappa shape index (κ3) is 5.60. The molecule has 0 saturated carbocycles. The Morgan fingerprint density at radius 3 is 2.22 bits per heavy atom. The van der Waals surface area contributed by atoms with Crippen molar-refractivity contribution >= 4 is 22.0 Å². The van der Waals surface area contributed by atoms with Gasteiger partial charge in [-0.25, -0.2) is 0 Å². The van der Waals surface area contributed by atoms with Gasteiger partial charge in [-0.3, -0.25) is 0 Å². The van der Waals surface area contributed by atoms with E-state index in [1.807, 2.05) is 0 Å². The summed E-state index contributed by atoms with van der Waals surface area (Å²) in [5.41, 5.74) is 1.47. The third-order valence-corrected chi connectivity index (χ3v) is 9.32. The monoisotopic (exact) mass is 352 g/mol. The molecule has 0 fully saturated rings. The molecule has 1 aromatic rings. The van der Waals surface area contributed by atoms with Crippen LogP contribution in [-0.4, -0.2) is 18.4 Å². The number of benzene rings is 1. The van der Waals surface area contributed by atoms with Gasteiger partial charge in [-0.2, -0.15) is 0 Å². The molecule has 100 valence electrons. The molecule has 0 spiro atoms. The van der Waals surface area contributed by atoms with Crippen LogP contribution in [0.15, 0.2) is 36.4 Å². The molecule has 0 unspecified atom stereocenters. The van der Waals surface area contributed by atoms with Gasteiger partial charge in [-0.05, 0) is 0 Å². The number of hydrogen-bond acceptors (Lipinski definition) is 0. The van der Waals surface area contributed by atoms with Crippen LogP contribution in [0.3, 0.4) is 0 Å². The molecule has 0 saturated heterocycles. The molecule has 0 aliphatic carbocycles. The minimum absolute atomic E-state index is 1.26. The number of hydrogen-bond donors (Lipinski definition) is 0. The van der Waals surface area contributed by atoms with E-state index >= 15 is 0 Å². The first-order valence-electron chi connectivity index (χ1n) is 7.31. The summed E-state index contributed by atoms with van der Waals surface area (Å²) in [6.07, 6.45) is 9.25. The number of allylic oxidation sites excluding steroid dienone is 1. The van der Waals surface area contributed by atoms with Crippen LogP contribution in [0.4, 0.5) is 0 Å². The van der Waals surface area contributed by atoms with Crippen molar-refractivity contribution in [1.29, 1.82) is 0 Å². The maximum atomic E-state index is 2.54. The van der Waals surface area contributed by atoms with Gasteiger partial charge in [0.05, 0.1) is 0 Å². The van der Waals surface area contributed by atoms with Crippen molar-refractivity contribution in [3.63, 3.8) is 0 Å². The zero-order valence-electron chi connectivity index (χ0n) is 12.5. The van der Waals surface area contributed by atoms with Crippen molar-refractivity contribution in [3.05, 3.63) is 42.0 Å². The molecule has 0 aliphatic heterocycles. The van der Waals surface area contributed by atoms with Crippen molar-refractivity contribution in [2.45, 2.75) is 53.8 Å². The second-order valence-corrected chi connectivity index (χ2v) is 20.5. The van der Waals surface area contributed by atoms with Crippen LogP contribution in [0.2, 0.25) is 14.8 Å². The van der Waals surface area contributed by atoms with Crippen molar-refractivity contribution in [3.8, 4) is 0 Å². The summed E-state index contributed by atoms with van der Waals surface area (Å²) in [4.78, 5) is 7.54. The van der Waals surface area contributed by atoms with E-state index < -0.39 is 18.4 Å². The average molecular weight is 351 g/mol. The van der Waals surface area contributed by atoms with Crippen LogP contribution in [0, 0.1) is 0 Å². The first-order valence-corrected chi connectivity index (χ1v) is 17.3. The van der Waals surface area contributed by atoms with E-state index in [-0.39, 0.29) is 0 Å². The SMILES string of the molecule is CCCCCC/C=[C](\c1ccccc1)[Sn]([CH3])([CH3])[CH3]. The van der Waals surface area contributed by atoms with E-state index in [9.17, 15) is 0 Å². The Labute approximate surface area is 117 Å². The first-order chi connectivity index (χ1) is 8.55. The molecule has 1 rings (SSSR count). The molecule has 0 nitrogen and oxygen atoms in total. The van der Waals surface area contributed by atoms with Gasteiger partial charge in [0.15, 0.2) is 0 Å². The van der Waals surface area contributed by atoms with Gasteiger partial charge >= 0.3 is 118 Å². The topological polar surface area (TPSA) is 0 Å². The average Bonchev–Trinajstić information content (AvgIpc) is 2.33. The Balaban J connectivity index is 2.71. The fourth-order valence-corrected chi connectivity index (χ4v) is 7.40. The summed E-state index contributed by atoms with van der Waals surface area (Å²) < 4.78 is 1.70. The molecule has 1 heteroatoms. The van der Waals surface area contributed by atoms with Gasteiger partial charge in [-0.1, -0.05) is 0 Å². The van der Waals surface area contributed by atoms with Crippen LogP contribution in [-0.2, 0) is 0 Å². The van der Waals surface area contributed by atoms with Crippen LogP contribution < -0.4 is 0 Å². The molecule has 0 radical (unpaired) electrons. The zero-order valence-corrected chi connectivity index (χ0v) is 15.4. The number of rotatable bonds is 7. The van der Waals surface area contributed by atoms with Gasteiger partial charge in [0, 0.05) is 0 Å². The van der Waals surface area contributed by atoms with Crippen LogP contribution >= 0.6 is 0 Å². The predicted octanol–water partition coefficient (Wildman–Crippen LogP) is 5.92. The molecular weight excluding hydrogens is 323 g/mol. The van der Waals surface area contributed by atoms with Gasteiger partial charge in [0.25, 0.3) is 0 Å². The Morgan fingerprint density at radius 2 is 1.67 bits per heavy atom. The van der Waals surface area contributed by atoms with Crippen molar-refractivity contribution in [2.24, 2.45) is 0 Å². The maximum absolute atomic E-state index is 2.54. The van der Waals surface area contributed by atoms with Gasteiger partial charge < -0.3 is 0 Å². The van der Waals surface area contributed by atoms with E-state index in [2.05, 4.69) is 58.2 Å². The summed E-state index contributed by atoms with van der Waals surface area (Å²) in [6, 6.07) is 11.0. The van der Waals surface area contributed by atoms with Crippen molar-refractivity contribution in [2.75, 3.05) is 0 Å². The van der Waals surface area contributed by atoms with E-state index in [4.69, 9.17) is 0 Å². The normalized spacial score (nSPS) is 12.8. The zero-order chi connectivity index (χ0) is 13.4. The van der Waals surface area contributed by atoms with Gasteiger partial charge in [0.2, 0.25) is 0 Å². The predicted molar refractivity (Wildman–Crippen MR) is 86.5 cm³/mol. The summed E-state index contributed by atoms with van der Waals surface area (Å²) in [6.45, 7) is 2.27. The summed E-state index contributed by atoms with van der Waals surface area (Å²) in [5, 5.41) is 0. The summed E-state index contributed by atoms with van der Waals surface area (Å²) >= 11 is -1.98. The second-order valence-electron chi connectivity index (χ2n) is 6.08. The quantitative estimate of drug-likeness (QED) is 0.423. The van der Waals surface area contributed by atoms with E-state index in [0.29, 0.717) is 0 Å². The van der Waals surface area contributed by atoms with Crippen molar-refractivity contribution < 1.29 is 0 Å². The molecule has 0 N–H and O–H groups in total. The Hall–Kier alpha value is -0.241. The molecule has 0 heterocycles. The second kappa shape index (κ2) is 8.04. The Bertz CT molecular complexity index is 357. The van der Waals surface area contributed by atoms with Crippen molar-refractivity contribution in [1.82, 2.24) is 0 Å². The third-order valence-electron chi connectivity index (χ3n) is 3.30. The van der Waals surface area contributed by atoms with E-state index in [0.717, 1.165) is 0 Å². The van der Waals surface area contributed by atoms with E-state index in [1.54, 1.807) is 3.59 Å². The minimum atomic E-state index is -1.98. The molecule has 0 bridgehead atoms. The Kier molecular flexibility index (Phi) is 7.06. The van der Waals surface area contributed by atoms with Crippen LogP contribution in [0.1, 0.15) is 44.6 Å².